The predicted octanol–water partition coefficient (Wildman–Crippen LogP) is 2.09. The van der Waals surface area contributed by atoms with Gasteiger partial charge in [-0.1, -0.05) is 12.1 Å². The molecule has 0 saturated carbocycles. The molecule has 2 heterocycles. The van der Waals surface area contributed by atoms with Gasteiger partial charge in [0.25, 0.3) is 5.69 Å². The number of ketones is 1. The molecule has 1 aliphatic rings. The van der Waals surface area contributed by atoms with Gasteiger partial charge in [-0.25, -0.2) is 4.79 Å². The van der Waals surface area contributed by atoms with Gasteiger partial charge in [-0.15, -0.1) is 0 Å². The number of aromatic nitrogens is 1. The molecule has 3 atom stereocenters. The molecular formula is C17H13F3N4O5. The molecule has 0 bridgehead atoms. The average Bonchev–Trinajstić information content (AvgIpc) is 2.67. The summed E-state index contributed by atoms with van der Waals surface area (Å²) in [7, 11) is 0. The van der Waals surface area contributed by atoms with E-state index in [0.29, 0.717) is 0 Å². The summed E-state index contributed by atoms with van der Waals surface area (Å²) < 4.78 is 41.2. The maximum atomic E-state index is 13.7. The molecule has 3 N–H and O–H groups in total. The van der Waals surface area contributed by atoms with Gasteiger partial charge in [0, 0.05) is 30.1 Å². The highest BCUT2D eigenvalue weighted by molar-refractivity contribution is 6.00. The van der Waals surface area contributed by atoms with Crippen LogP contribution in [-0.4, -0.2) is 38.7 Å². The number of carbonyl (C=O) groups excluding carboxylic acids is 2. The molecule has 3 rings (SSSR count). The van der Waals surface area contributed by atoms with E-state index in [2.05, 4.69) is 10.3 Å². The molecule has 0 spiro atoms. The number of Topliss-reactive ketones (excluding diaryl/α,β-unsaturated/α-hetero) is 1. The quantitative estimate of drug-likeness (QED) is 0.401. The number of hydrogen-bond donors (Lipinski definition) is 3. The summed E-state index contributed by atoms with van der Waals surface area (Å²) in [6.45, 7) is 0. The van der Waals surface area contributed by atoms with Crippen molar-refractivity contribution in [3.05, 3.63) is 70.0 Å². The number of amides is 2. The number of urea groups is 1. The Bertz CT molecular complexity index is 952. The summed E-state index contributed by atoms with van der Waals surface area (Å²) in [5.41, 5.74) is -4.47. The van der Waals surface area contributed by atoms with E-state index in [0.717, 1.165) is 30.5 Å². The molecule has 29 heavy (non-hydrogen) atoms. The summed E-state index contributed by atoms with van der Waals surface area (Å²) in [6, 6.07) is 3.81. The molecule has 0 unspecified atom stereocenters. The van der Waals surface area contributed by atoms with Gasteiger partial charge >= 0.3 is 12.2 Å². The highest BCUT2D eigenvalue weighted by Gasteiger charge is 2.66. The highest BCUT2D eigenvalue weighted by atomic mass is 19.4. The van der Waals surface area contributed by atoms with Crippen molar-refractivity contribution in [3.8, 4) is 0 Å². The van der Waals surface area contributed by atoms with Gasteiger partial charge in [0.2, 0.25) is 5.72 Å². The number of pyridine rings is 1. The normalized spacial score (nSPS) is 24.3. The van der Waals surface area contributed by atoms with E-state index in [9.17, 15) is 38.0 Å². The van der Waals surface area contributed by atoms with Crippen molar-refractivity contribution in [1.82, 2.24) is 15.6 Å². The number of benzene rings is 1. The third-order valence-corrected chi connectivity index (χ3v) is 4.50. The van der Waals surface area contributed by atoms with E-state index in [4.69, 9.17) is 0 Å². The lowest BCUT2D eigenvalue weighted by Crippen LogP contribution is -2.72. The zero-order chi connectivity index (χ0) is 21.4. The molecule has 1 saturated heterocycles. The molecule has 9 nitrogen and oxygen atoms in total. The summed E-state index contributed by atoms with van der Waals surface area (Å²) >= 11 is 0. The number of alkyl halides is 3. The van der Waals surface area contributed by atoms with Crippen LogP contribution in [0.4, 0.5) is 23.7 Å². The molecule has 0 radical (unpaired) electrons. The lowest BCUT2D eigenvalue weighted by molar-refractivity contribution is -0.384. The summed E-state index contributed by atoms with van der Waals surface area (Å²) in [5.74, 6) is -3.36. The predicted molar refractivity (Wildman–Crippen MR) is 90.6 cm³/mol. The van der Waals surface area contributed by atoms with E-state index in [1.54, 1.807) is 0 Å². The SMILES string of the molecule is O=C1N[C@@H](c2ccc([N+](=O)[O-])cc2)[C@H](C(=O)c2cccnc2)[C@@](O)(C(F)(F)F)N1. The fourth-order valence-electron chi connectivity index (χ4n) is 3.11. The van der Waals surface area contributed by atoms with Crippen LogP contribution in [0.25, 0.3) is 0 Å². The van der Waals surface area contributed by atoms with Crippen LogP contribution in [0.15, 0.2) is 48.8 Å². The van der Waals surface area contributed by atoms with Crippen LogP contribution in [0.2, 0.25) is 0 Å². The Balaban J connectivity index is 2.14. The van der Waals surface area contributed by atoms with Gasteiger partial charge in [0.05, 0.1) is 11.0 Å². The van der Waals surface area contributed by atoms with Gasteiger partial charge in [0.15, 0.2) is 5.78 Å². The zero-order valence-corrected chi connectivity index (χ0v) is 14.4. The molecule has 1 aromatic heterocycles. The van der Waals surface area contributed by atoms with E-state index >= 15 is 0 Å². The largest absolute Gasteiger partial charge is 0.437 e. The van der Waals surface area contributed by atoms with Gasteiger partial charge in [-0.3, -0.25) is 19.9 Å². The monoisotopic (exact) mass is 410 g/mol. The number of halogens is 3. The summed E-state index contributed by atoms with van der Waals surface area (Å²) in [4.78, 5) is 38.6. The minimum Gasteiger partial charge on any atom is -0.363 e. The number of non-ortho nitro benzene ring substituents is 1. The first kappa shape index (κ1) is 20.2. The second kappa shape index (κ2) is 7.13. The molecule has 0 aliphatic carbocycles. The number of nitro benzene ring substituents is 1. The van der Waals surface area contributed by atoms with Gasteiger partial charge in [-0.05, 0) is 17.7 Å². The number of nitro groups is 1. The first-order valence-corrected chi connectivity index (χ1v) is 8.11. The summed E-state index contributed by atoms with van der Waals surface area (Å²) in [6.07, 6.45) is -3.06. The van der Waals surface area contributed by atoms with Crippen molar-refractivity contribution < 1.29 is 32.8 Å². The summed E-state index contributed by atoms with van der Waals surface area (Å²) in [5, 5.41) is 24.8. The van der Waals surface area contributed by atoms with Crippen molar-refractivity contribution in [2.24, 2.45) is 5.92 Å². The van der Waals surface area contributed by atoms with E-state index < -0.39 is 40.6 Å². The number of nitrogens with one attached hydrogen (secondary N) is 2. The van der Waals surface area contributed by atoms with Crippen molar-refractivity contribution in [3.63, 3.8) is 0 Å². The maximum Gasteiger partial charge on any atom is 0.437 e. The molecule has 2 aromatic rings. The first-order valence-electron chi connectivity index (χ1n) is 8.11. The number of carbonyl (C=O) groups is 2. The molecule has 1 fully saturated rings. The van der Waals surface area contributed by atoms with Crippen molar-refractivity contribution in [2.75, 3.05) is 0 Å². The molecule has 2 amide bonds. The van der Waals surface area contributed by atoms with E-state index in [1.807, 2.05) is 0 Å². The Kier molecular flexibility index (Phi) is 4.96. The Labute approximate surface area is 160 Å². The Morgan fingerprint density at radius 2 is 1.90 bits per heavy atom. The smallest absolute Gasteiger partial charge is 0.363 e. The van der Waals surface area contributed by atoms with E-state index in [1.165, 1.54) is 23.6 Å². The van der Waals surface area contributed by atoms with Crippen molar-refractivity contribution in [1.29, 1.82) is 0 Å². The van der Waals surface area contributed by atoms with Crippen molar-refractivity contribution in [2.45, 2.75) is 17.9 Å². The van der Waals surface area contributed by atoms with Crippen LogP contribution < -0.4 is 10.6 Å². The Morgan fingerprint density at radius 3 is 2.41 bits per heavy atom. The van der Waals surface area contributed by atoms with Gasteiger partial charge in [-0.2, -0.15) is 13.2 Å². The van der Waals surface area contributed by atoms with Crippen LogP contribution in [0.5, 0.6) is 0 Å². The van der Waals surface area contributed by atoms with Crippen molar-refractivity contribution >= 4 is 17.5 Å². The molecule has 12 heteroatoms. The molecule has 1 aliphatic heterocycles. The van der Waals surface area contributed by atoms with Crippen LogP contribution in [0.3, 0.4) is 0 Å². The lowest BCUT2D eigenvalue weighted by Gasteiger charge is -2.45. The lowest BCUT2D eigenvalue weighted by atomic mass is 9.77. The third kappa shape index (κ3) is 3.61. The standard InChI is InChI=1S/C17H13F3N4O5/c18-17(19,20)16(27)12(14(25)10-2-1-7-21-8-10)13(22-15(26)23-16)9-3-5-11(6-4-9)24(28)29/h1-8,12-13,27H,(H2,22,23,26)/t12-,13+,16-/m1/s1. The fourth-order valence-corrected chi connectivity index (χ4v) is 3.11. The second-order valence-corrected chi connectivity index (χ2v) is 6.27. The number of hydrogen-bond acceptors (Lipinski definition) is 6. The van der Waals surface area contributed by atoms with Crippen LogP contribution in [0.1, 0.15) is 22.0 Å². The van der Waals surface area contributed by atoms with Crippen LogP contribution in [0, 0.1) is 16.0 Å². The van der Waals surface area contributed by atoms with Gasteiger partial charge < -0.3 is 15.7 Å². The minimum absolute atomic E-state index is 0.0321. The first-order chi connectivity index (χ1) is 13.5. The Morgan fingerprint density at radius 1 is 1.24 bits per heavy atom. The zero-order valence-electron chi connectivity index (χ0n) is 14.4. The second-order valence-electron chi connectivity index (χ2n) is 6.27. The number of rotatable bonds is 4. The van der Waals surface area contributed by atoms with Crippen LogP contribution in [-0.2, 0) is 0 Å². The third-order valence-electron chi connectivity index (χ3n) is 4.50. The fraction of sp³-hybridized carbons (Fsp3) is 0.235. The van der Waals surface area contributed by atoms with Gasteiger partial charge in [0.1, 0.15) is 5.92 Å². The molecule has 152 valence electrons. The van der Waals surface area contributed by atoms with Crippen LogP contribution >= 0.6 is 0 Å². The highest BCUT2D eigenvalue weighted by Crippen LogP contribution is 2.44. The topological polar surface area (TPSA) is 134 Å². The number of nitrogens with zero attached hydrogens (tertiary/aromatic N) is 2. The minimum atomic E-state index is -5.40. The average molecular weight is 410 g/mol. The Hall–Kier alpha value is -3.54. The molecular weight excluding hydrogens is 397 g/mol. The van der Waals surface area contributed by atoms with E-state index in [-0.39, 0.29) is 16.8 Å². The maximum absolute atomic E-state index is 13.7. The number of aliphatic hydroxyl groups is 1. The molecule has 1 aromatic carbocycles.